The van der Waals surface area contributed by atoms with Crippen LogP contribution in [-0.4, -0.2) is 50.0 Å². The molecule has 0 aromatic carbocycles. The van der Waals surface area contributed by atoms with Crippen molar-refractivity contribution in [2.75, 3.05) is 5.32 Å². The van der Waals surface area contributed by atoms with Crippen molar-refractivity contribution < 1.29 is 29.3 Å². The van der Waals surface area contributed by atoms with Crippen LogP contribution in [0.1, 0.15) is 45.9 Å². The number of amides is 1. The number of aliphatic hydroxyl groups excluding tert-OH is 2. The molecule has 2 rings (SSSR count). The SMILES string of the molecule is CC(=O)Nc1nc(=O)n(C2O[C@H](CC(C)C)[C@@H](O)[C@H]2O)cc1COC(C)=O. The van der Waals surface area contributed by atoms with Gasteiger partial charge < -0.3 is 25.0 Å². The lowest BCUT2D eigenvalue weighted by atomic mass is 10.0. The Morgan fingerprint density at radius 3 is 2.56 bits per heavy atom. The van der Waals surface area contributed by atoms with Crippen LogP contribution in [0, 0.1) is 5.92 Å². The third-order valence-electron chi connectivity index (χ3n) is 4.07. The molecule has 10 heteroatoms. The van der Waals surface area contributed by atoms with Gasteiger partial charge in [0, 0.05) is 25.6 Å². The van der Waals surface area contributed by atoms with E-state index in [4.69, 9.17) is 9.47 Å². The number of hydrogen-bond acceptors (Lipinski definition) is 8. The molecule has 1 aliphatic rings. The maximum absolute atomic E-state index is 12.4. The van der Waals surface area contributed by atoms with Gasteiger partial charge in [0.1, 0.15) is 24.6 Å². The molecule has 1 saturated heterocycles. The van der Waals surface area contributed by atoms with E-state index < -0.39 is 42.1 Å². The fourth-order valence-corrected chi connectivity index (χ4v) is 2.87. The summed E-state index contributed by atoms with van der Waals surface area (Å²) in [6, 6.07) is 0. The van der Waals surface area contributed by atoms with E-state index in [1.807, 2.05) is 13.8 Å². The van der Waals surface area contributed by atoms with Crippen molar-refractivity contribution in [1.29, 1.82) is 0 Å². The molecule has 0 saturated carbocycles. The molecule has 1 aromatic heterocycles. The van der Waals surface area contributed by atoms with Gasteiger partial charge in [-0.1, -0.05) is 13.8 Å². The van der Waals surface area contributed by atoms with E-state index in [2.05, 4.69) is 10.3 Å². The summed E-state index contributed by atoms with van der Waals surface area (Å²) in [7, 11) is 0. The minimum absolute atomic E-state index is 0.0447. The molecular formula is C17H25N3O7. The van der Waals surface area contributed by atoms with Crippen LogP contribution < -0.4 is 11.0 Å². The molecule has 1 amide bonds. The van der Waals surface area contributed by atoms with Crippen LogP contribution in [0.15, 0.2) is 11.0 Å². The van der Waals surface area contributed by atoms with E-state index in [0.29, 0.717) is 6.42 Å². The van der Waals surface area contributed by atoms with Gasteiger partial charge in [0.15, 0.2) is 6.23 Å². The van der Waals surface area contributed by atoms with Crippen LogP contribution in [0.25, 0.3) is 0 Å². The number of carbonyl (C=O) groups is 2. The number of esters is 1. The Hall–Kier alpha value is -2.30. The van der Waals surface area contributed by atoms with Crippen molar-refractivity contribution in [3.05, 3.63) is 22.2 Å². The fraction of sp³-hybridized carbons (Fsp3) is 0.647. The number of nitrogens with one attached hydrogen (secondary N) is 1. The first-order valence-electron chi connectivity index (χ1n) is 8.64. The number of hydrogen-bond donors (Lipinski definition) is 3. The number of nitrogens with zero attached hydrogens (tertiary/aromatic N) is 2. The average Bonchev–Trinajstić information content (AvgIpc) is 2.81. The normalized spacial score (nSPS) is 24.9. The van der Waals surface area contributed by atoms with Crippen molar-refractivity contribution in [1.82, 2.24) is 9.55 Å². The Labute approximate surface area is 156 Å². The van der Waals surface area contributed by atoms with Crippen molar-refractivity contribution >= 4 is 17.7 Å². The predicted octanol–water partition coefficient (Wildman–Crippen LogP) is -0.0699. The lowest BCUT2D eigenvalue weighted by Gasteiger charge is -2.19. The molecule has 27 heavy (non-hydrogen) atoms. The smallest absolute Gasteiger partial charge is 0.351 e. The van der Waals surface area contributed by atoms with Crippen LogP contribution in [0.4, 0.5) is 5.82 Å². The van der Waals surface area contributed by atoms with Crippen LogP contribution in [-0.2, 0) is 25.7 Å². The summed E-state index contributed by atoms with van der Waals surface area (Å²) in [4.78, 5) is 38.6. The molecule has 1 aliphatic heterocycles. The van der Waals surface area contributed by atoms with E-state index in [1.54, 1.807) is 0 Å². The highest BCUT2D eigenvalue weighted by Gasteiger charge is 2.44. The molecule has 1 fully saturated rings. The van der Waals surface area contributed by atoms with Gasteiger partial charge in [-0.05, 0) is 12.3 Å². The van der Waals surface area contributed by atoms with Crippen LogP contribution in [0.2, 0.25) is 0 Å². The van der Waals surface area contributed by atoms with Gasteiger partial charge in [-0.15, -0.1) is 0 Å². The predicted molar refractivity (Wildman–Crippen MR) is 93.6 cm³/mol. The second kappa shape index (κ2) is 8.59. The van der Waals surface area contributed by atoms with Gasteiger partial charge in [0.25, 0.3) is 0 Å². The Morgan fingerprint density at radius 2 is 2.00 bits per heavy atom. The lowest BCUT2D eigenvalue weighted by Crippen LogP contribution is -2.36. The first-order chi connectivity index (χ1) is 12.6. The second-order valence-electron chi connectivity index (χ2n) is 6.94. The molecule has 2 heterocycles. The molecule has 0 radical (unpaired) electrons. The Bertz CT molecular complexity index is 761. The van der Waals surface area contributed by atoms with E-state index in [1.165, 1.54) is 20.0 Å². The summed E-state index contributed by atoms with van der Waals surface area (Å²) < 4.78 is 11.7. The van der Waals surface area contributed by atoms with E-state index >= 15 is 0 Å². The van der Waals surface area contributed by atoms with Crippen molar-refractivity contribution in [3.8, 4) is 0 Å². The minimum atomic E-state index is -1.33. The maximum atomic E-state index is 12.4. The number of rotatable bonds is 6. The maximum Gasteiger partial charge on any atom is 0.351 e. The third kappa shape index (κ3) is 5.12. The summed E-state index contributed by atoms with van der Waals surface area (Å²) in [6.07, 6.45) is -2.48. The first-order valence-corrected chi connectivity index (χ1v) is 8.64. The van der Waals surface area contributed by atoms with Gasteiger partial charge in [0.05, 0.1) is 6.10 Å². The van der Waals surface area contributed by atoms with Crippen LogP contribution in [0.3, 0.4) is 0 Å². The topological polar surface area (TPSA) is 140 Å². The van der Waals surface area contributed by atoms with Crippen molar-refractivity contribution in [2.45, 2.75) is 65.3 Å². The Kier molecular flexibility index (Phi) is 6.68. The van der Waals surface area contributed by atoms with E-state index in [0.717, 1.165) is 4.57 Å². The number of ether oxygens (including phenoxy) is 2. The van der Waals surface area contributed by atoms with Gasteiger partial charge in [-0.2, -0.15) is 4.98 Å². The van der Waals surface area contributed by atoms with Gasteiger partial charge in [-0.25, -0.2) is 4.79 Å². The lowest BCUT2D eigenvalue weighted by molar-refractivity contribution is -0.142. The Balaban J connectivity index is 2.38. The molecular weight excluding hydrogens is 358 g/mol. The highest BCUT2D eigenvalue weighted by atomic mass is 16.6. The van der Waals surface area contributed by atoms with Gasteiger partial charge >= 0.3 is 11.7 Å². The highest BCUT2D eigenvalue weighted by molar-refractivity contribution is 5.88. The Morgan fingerprint density at radius 1 is 1.33 bits per heavy atom. The molecule has 3 N–H and O–H groups in total. The monoisotopic (exact) mass is 383 g/mol. The summed E-state index contributed by atoms with van der Waals surface area (Å²) in [6.45, 7) is 6.13. The van der Waals surface area contributed by atoms with E-state index in [9.17, 15) is 24.6 Å². The summed E-state index contributed by atoms with van der Waals surface area (Å²) in [5.74, 6) is -0.830. The zero-order valence-electron chi connectivity index (χ0n) is 15.7. The molecule has 10 nitrogen and oxygen atoms in total. The highest BCUT2D eigenvalue weighted by Crippen LogP contribution is 2.32. The zero-order valence-corrected chi connectivity index (χ0v) is 15.7. The van der Waals surface area contributed by atoms with Gasteiger partial charge in [0.2, 0.25) is 5.91 Å². The van der Waals surface area contributed by atoms with Gasteiger partial charge in [-0.3, -0.25) is 14.2 Å². The summed E-state index contributed by atoms with van der Waals surface area (Å²) in [5, 5.41) is 22.9. The minimum Gasteiger partial charge on any atom is -0.461 e. The molecule has 150 valence electrons. The number of anilines is 1. The van der Waals surface area contributed by atoms with Crippen molar-refractivity contribution in [3.63, 3.8) is 0 Å². The summed E-state index contributed by atoms with van der Waals surface area (Å²) >= 11 is 0. The number of aromatic nitrogens is 2. The fourth-order valence-electron chi connectivity index (χ4n) is 2.87. The average molecular weight is 383 g/mol. The third-order valence-corrected chi connectivity index (χ3v) is 4.07. The largest absolute Gasteiger partial charge is 0.461 e. The molecule has 0 aliphatic carbocycles. The second-order valence-corrected chi connectivity index (χ2v) is 6.94. The standard InChI is InChI=1S/C17H25N3O7/c1-8(2)5-12-13(23)14(24)16(27-12)20-6-11(7-26-10(4)22)15(18-9(3)21)19-17(20)25/h6,8,12-14,16,23-24H,5,7H2,1-4H3,(H,18,19,21,25)/t12-,13-,14-,16?/m1/s1. The van der Waals surface area contributed by atoms with Crippen molar-refractivity contribution in [2.24, 2.45) is 5.92 Å². The van der Waals surface area contributed by atoms with Crippen LogP contribution >= 0.6 is 0 Å². The quantitative estimate of drug-likeness (QED) is 0.580. The first kappa shape index (κ1) is 21.0. The number of aliphatic hydroxyl groups is 2. The molecule has 0 spiro atoms. The summed E-state index contributed by atoms with van der Waals surface area (Å²) in [5.41, 5.74) is -0.538. The molecule has 0 bridgehead atoms. The van der Waals surface area contributed by atoms with Crippen LogP contribution in [0.5, 0.6) is 0 Å². The zero-order chi connectivity index (χ0) is 20.3. The number of carbonyl (C=O) groups excluding carboxylic acids is 2. The molecule has 1 aromatic rings. The molecule has 4 atom stereocenters. The molecule has 1 unspecified atom stereocenters. The van der Waals surface area contributed by atoms with E-state index in [-0.39, 0.29) is 23.9 Å².